The van der Waals surface area contributed by atoms with Crippen LogP contribution in [0.25, 0.3) is 5.65 Å². The predicted molar refractivity (Wildman–Crippen MR) is 91.2 cm³/mol. The van der Waals surface area contributed by atoms with E-state index in [1.807, 2.05) is 4.90 Å². The van der Waals surface area contributed by atoms with Crippen molar-refractivity contribution in [2.45, 2.75) is 31.2 Å². The van der Waals surface area contributed by atoms with Crippen LogP contribution >= 0.6 is 0 Å². The minimum atomic E-state index is -0.597. The molecule has 0 aromatic carbocycles. The summed E-state index contributed by atoms with van der Waals surface area (Å²) in [6, 6.07) is 1.66. The standard InChI is InChI=1S/C17H22N6O2/c1-21-9-5-17(6-10-21)4-2-8-22(17)16(25)13-3-7-19-15-12(14(18)24)11-20-23(13)15/h3,7,11H,2,4-6,8-10H2,1H3,(H2,18,24). The van der Waals surface area contributed by atoms with Crippen LogP contribution in [0, 0.1) is 0 Å². The Bertz CT molecular complexity index is 837. The van der Waals surface area contributed by atoms with E-state index in [-0.39, 0.29) is 17.0 Å². The molecule has 2 fully saturated rings. The monoisotopic (exact) mass is 342 g/mol. The van der Waals surface area contributed by atoms with Crippen LogP contribution in [0.4, 0.5) is 0 Å². The Morgan fingerprint density at radius 3 is 2.68 bits per heavy atom. The number of nitrogens with zero attached hydrogens (tertiary/aromatic N) is 5. The first-order chi connectivity index (χ1) is 12.0. The fraction of sp³-hybridized carbons (Fsp3) is 0.529. The van der Waals surface area contributed by atoms with Crippen molar-refractivity contribution in [1.82, 2.24) is 24.4 Å². The van der Waals surface area contributed by atoms with Crippen LogP contribution in [0.2, 0.25) is 0 Å². The Balaban J connectivity index is 1.71. The van der Waals surface area contributed by atoms with Crippen LogP contribution in [-0.2, 0) is 0 Å². The lowest BCUT2D eigenvalue weighted by Gasteiger charge is -2.44. The van der Waals surface area contributed by atoms with Crippen molar-refractivity contribution >= 4 is 17.5 Å². The molecular weight excluding hydrogens is 320 g/mol. The Morgan fingerprint density at radius 2 is 1.96 bits per heavy atom. The zero-order chi connectivity index (χ0) is 17.6. The molecule has 25 heavy (non-hydrogen) atoms. The van der Waals surface area contributed by atoms with Gasteiger partial charge in [-0.3, -0.25) is 9.59 Å². The maximum absolute atomic E-state index is 13.3. The third-order valence-electron chi connectivity index (χ3n) is 5.65. The summed E-state index contributed by atoms with van der Waals surface area (Å²) in [5, 5.41) is 4.18. The van der Waals surface area contributed by atoms with Gasteiger partial charge in [-0.05, 0) is 38.8 Å². The Kier molecular flexibility index (Phi) is 3.72. The van der Waals surface area contributed by atoms with Crippen molar-refractivity contribution in [2.24, 2.45) is 5.73 Å². The van der Waals surface area contributed by atoms with E-state index >= 15 is 0 Å². The van der Waals surface area contributed by atoms with Gasteiger partial charge in [0.25, 0.3) is 11.8 Å². The van der Waals surface area contributed by atoms with Gasteiger partial charge < -0.3 is 15.5 Å². The molecule has 1 spiro atoms. The molecule has 2 aromatic rings. The van der Waals surface area contributed by atoms with Gasteiger partial charge in [0, 0.05) is 31.4 Å². The first-order valence-corrected chi connectivity index (χ1v) is 8.65. The molecule has 2 N–H and O–H groups in total. The molecule has 8 nitrogen and oxygen atoms in total. The SMILES string of the molecule is CN1CCC2(CCCN2C(=O)c2ccnc3c(C(N)=O)cnn23)CC1. The van der Waals surface area contributed by atoms with Crippen molar-refractivity contribution < 1.29 is 9.59 Å². The highest BCUT2D eigenvalue weighted by molar-refractivity contribution is 6.00. The van der Waals surface area contributed by atoms with E-state index < -0.39 is 5.91 Å². The molecule has 2 aliphatic heterocycles. The molecule has 132 valence electrons. The number of fused-ring (bicyclic) bond motifs is 1. The van der Waals surface area contributed by atoms with Crippen LogP contribution in [0.1, 0.15) is 46.5 Å². The first-order valence-electron chi connectivity index (χ1n) is 8.65. The number of likely N-dealkylation sites (tertiary alicyclic amines) is 2. The number of carbonyl (C=O) groups excluding carboxylic acids is 2. The Morgan fingerprint density at radius 1 is 1.20 bits per heavy atom. The van der Waals surface area contributed by atoms with Crippen molar-refractivity contribution in [2.75, 3.05) is 26.7 Å². The summed E-state index contributed by atoms with van der Waals surface area (Å²) in [5.74, 6) is -0.645. The highest BCUT2D eigenvalue weighted by Gasteiger charge is 2.45. The van der Waals surface area contributed by atoms with Crippen molar-refractivity contribution in [3.8, 4) is 0 Å². The summed E-state index contributed by atoms with van der Waals surface area (Å²) in [6.07, 6.45) is 6.97. The molecule has 4 heterocycles. The zero-order valence-corrected chi connectivity index (χ0v) is 14.3. The van der Waals surface area contributed by atoms with E-state index in [0.29, 0.717) is 11.3 Å². The molecule has 0 aliphatic carbocycles. The normalized spacial score (nSPS) is 20.4. The van der Waals surface area contributed by atoms with E-state index in [4.69, 9.17) is 5.73 Å². The van der Waals surface area contributed by atoms with Gasteiger partial charge in [0.15, 0.2) is 5.65 Å². The van der Waals surface area contributed by atoms with Crippen LogP contribution in [0.15, 0.2) is 18.5 Å². The number of hydrogen-bond donors (Lipinski definition) is 1. The van der Waals surface area contributed by atoms with Crippen LogP contribution in [0.5, 0.6) is 0 Å². The molecular formula is C17H22N6O2. The number of nitrogens with two attached hydrogens (primary N) is 1. The van der Waals surface area contributed by atoms with Gasteiger partial charge in [-0.25, -0.2) is 9.50 Å². The van der Waals surface area contributed by atoms with E-state index in [1.165, 1.54) is 16.9 Å². The van der Waals surface area contributed by atoms with Gasteiger partial charge in [0.05, 0.1) is 6.20 Å². The average Bonchev–Trinajstić information content (AvgIpc) is 3.21. The molecule has 2 saturated heterocycles. The highest BCUT2D eigenvalue weighted by Crippen LogP contribution is 2.39. The molecule has 4 rings (SSSR count). The number of amides is 2. The van der Waals surface area contributed by atoms with Crippen molar-refractivity contribution in [3.05, 3.63) is 29.7 Å². The quantitative estimate of drug-likeness (QED) is 0.859. The van der Waals surface area contributed by atoms with E-state index in [9.17, 15) is 9.59 Å². The predicted octanol–water partition coefficient (Wildman–Crippen LogP) is 0.529. The van der Waals surface area contributed by atoms with Crippen LogP contribution in [-0.4, -0.2) is 68.4 Å². The number of piperidine rings is 1. The zero-order valence-electron chi connectivity index (χ0n) is 14.3. The number of primary amides is 1. The van der Waals surface area contributed by atoms with Gasteiger partial charge >= 0.3 is 0 Å². The molecule has 0 bridgehead atoms. The summed E-state index contributed by atoms with van der Waals surface area (Å²) < 4.78 is 1.43. The number of carbonyl (C=O) groups is 2. The number of rotatable bonds is 2. The van der Waals surface area contributed by atoms with Gasteiger partial charge in [0.1, 0.15) is 11.3 Å². The lowest BCUT2D eigenvalue weighted by molar-refractivity contribution is 0.0400. The fourth-order valence-corrected chi connectivity index (χ4v) is 4.18. The third-order valence-corrected chi connectivity index (χ3v) is 5.65. The fourth-order valence-electron chi connectivity index (χ4n) is 4.18. The minimum Gasteiger partial charge on any atom is -0.365 e. The van der Waals surface area contributed by atoms with Crippen molar-refractivity contribution in [1.29, 1.82) is 0 Å². The van der Waals surface area contributed by atoms with Gasteiger partial charge in [0.2, 0.25) is 0 Å². The lowest BCUT2D eigenvalue weighted by atomic mass is 9.85. The third kappa shape index (κ3) is 2.48. The Hall–Kier alpha value is -2.48. The second-order valence-electron chi connectivity index (χ2n) is 7.08. The summed E-state index contributed by atoms with van der Waals surface area (Å²) in [4.78, 5) is 33.3. The second kappa shape index (κ2) is 5.80. The van der Waals surface area contributed by atoms with Gasteiger partial charge in [-0.2, -0.15) is 5.10 Å². The van der Waals surface area contributed by atoms with E-state index in [2.05, 4.69) is 22.0 Å². The minimum absolute atomic E-state index is 0.0476. The number of hydrogen-bond acceptors (Lipinski definition) is 5. The summed E-state index contributed by atoms with van der Waals surface area (Å²) in [7, 11) is 2.12. The van der Waals surface area contributed by atoms with Crippen molar-refractivity contribution in [3.63, 3.8) is 0 Å². The summed E-state index contributed by atoms with van der Waals surface area (Å²) >= 11 is 0. The molecule has 8 heteroatoms. The van der Waals surface area contributed by atoms with E-state index in [0.717, 1.165) is 45.3 Å². The maximum Gasteiger partial charge on any atom is 0.273 e. The second-order valence-corrected chi connectivity index (χ2v) is 7.08. The Labute approximate surface area is 145 Å². The van der Waals surface area contributed by atoms with Gasteiger partial charge in [-0.1, -0.05) is 0 Å². The smallest absolute Gasteiger partial charge is 0.273 e. The van der Waals surface area contributed by atoms with E-state index in [1.54, 1.807) is 6.07 Å². The molecule has 0 atom stereocenters. The summed E-state index contributed by atoms with van der Waals surface area (Å²) in [6.45, 7) is 2.77. The largest absolute Gasteiger partial charge is 0.365 e. The topological polar surface area (TPSA) is 96.8 Å². The molecule has 0 saturated carbocycles. The molecule has 2 aromatic heterocycles. The maximum atomic E-state index is 13.3. The number of aromatic nitrogens is 3. The summed E-state index contributed by atoms with van der Waals surface area (Å²) in [5.41, 5.74) is 6.29. The molecule has 2 amide bonds. The van der Waals surface area contributed by atoms with Crippen LogP contribution in [0.3, 0.4) is 0 Å². The van der Waals surface area contributed by atoms with Gasteiger partial charge in [-0.15, -0.1) is 0 Å². The molecule has 0 unspecified atom stereocenters. The first kappa shape index (κ1) is 16.0. The van der Waals surface area contributed by atoms with Crippen LogP contribution < -0.4 is 5.73 Å². The lowest BCUT2D eigenvalue weighted by Crippen LogP contribution is -2.53. The molecule has 2 aliphatic rings. The average molecular weight is 342 g/mol. The molecule has 0 radical (unpaired) electrons. The highest BCUT2D eigenvalue weighted by atomic mass is 16.2.